The molecule has 0 N–H and O–H groups in total. The van der Waals surface area contributed by atoms with Gasteiger partial charge in [0.05, 0.1) is 12.7 Å². The molecule has 2 aromatic rings. The highest BCUT2D eigenvalue weighted by atomic mass is 19.2. The third-order valence-corrected chi connectivity index (χ3v) is 5.19. The number of ether oxygens (including phenoxy) is 1. The molecule has 2 unspecified atom stereocenters. The topological polar surface area (TPSA) is 9.23 Å². The fraction of sp³-hybridized carbons (Fsp3) is 0.391. The van der Waals surface area contributed by atoms with Crippen LogP contribution < -0.4 is 0 Å². The molecule has 0 saturated carbocycles. The summed E-state index contributed by atoms with van der Waals surface area (Å²) in [6, 6.07) is 7.65. The van der Waals surface area contributed by atoms with Crippen LogP contribution in [-0.2, 0) is 4.74 Å². The molecule has 2 aromatic carbocycles. The van der Waals surface area contributed by atoms with Gasteiger partial charge in [0.25, 0.3) is 0 Å². The first-order chi connectivity index (χ1) is 13.0. The van der Waals surface area contributed by atoms with E-state index in [2.05, 4.69) is 6.92 Å². The smallest absolute Gasteiger partial charge is 0.167 e. The molecule has 144 valence electrons. The van der Waals surface area contributed by atoms with Gasteiger partial charge in [-0.05, 0) is 37.8 Å². The molecule has 0 spiro atoms. The van der Waals surface area contributed by atoms with Gasteiger partial charge in [0.1, 0.15) is 5.82 Å². The van der Waals surface area contributed by atoms with Gasteiger partial charge in [-0.1, -0.05) is 49.8 Å². The highest BCUT2D eigenvalue weighted by Crippen LogP contribution is 2.34. The maximum Gasteiger partial charge on any atom is 0.167 e. The number of rotatable bonds is 5. The standard InChI is InChI=1S/C23H25F3O/c1-3-5-15-8-12-20(23(26)22(15)25)19-11-9-16(13-21(19)24)17-7-10-18(6-4-2)27-14-17/h3,5,8-9,11-13,17-18H,4,6-7,10,14H2,1-2H3/b5-3+. The molecule has 1 aliphatic heterocycles. The van der Waals surface area contributed by atoms with Crippen LogP contribution in [0.2, 0.25) is 0 Å². The Morgan fingerprint density at radius 3 is 2.44 bits per heavy atom. The van der Waals surface area contributed by atoms with Gasteiger partial charge in [-0.3, -0.25) is 0 Å². The van der Waals surface area contributed by atoms with E-state index in [1.54, 1.807) is 19.1 Å². The largest absolute Gasteiger partial charge is 0.378 e. The second-order valence-corrected chi connectivity index (χ2v) is 7.09. The second kappa shape index (κ2) is 8.75. The Morgan fingerprint density at radius 2 is 1.81 bits per heavy atom. The summed E-state index contributed by atoms with van der Waals surface area (Å²) < 4.78 is 49.2. The number of hydrogen-bond acceptors (Lipinski definition) is 1. The molecule has 1 aliphatic rings. The molecule has 0 amide bonds. The first-order valence-corrected chi connectivity index (χ1v) is 9.57. The van der Waals surface area contributed by atoms with Gasteiger partial charge < -0.3 is 4.74 Å². The average molecular weight is 374 g/mol. The minimum absolute atomic E-state index is 0.0623. The summed E-state index contributed by atoms with van der Waals surface area (Å²) in [5.41, 5.74) is 1.00. The van der Waals surface area contributed by atoms with Crippen molar-refractivity contribution in [3.8, 4) is 11.1 Å². The molecule has 1 fully saturated rings. The van der Waals surface area contributed by atoms with Gasteiger partial charge in [0, 0.05) is 22.6 Å². The third kappa shape index (κ3) is 4.27. The molecule has 4 heteroatoms. The SMILES string of the molecule is C/C=C/c1ccc(-c2ccc(C3CCC(CCC)OC3)cc2F)c(F)c1F. The van der Waals surface area contributed by atoms with E-state index in [0.29, 0.717) is 12.7 Å². The Labute approximate surface area is 158 Å². The lowest BCUT2D eigenvalue weighted by Gasteiger charge is -2.29. The highest BCUT2D eigenvalue weighted by Gasteiger charge is 2.24. The van der Waals surface area contributed by atoms with Gasteiger partial charge in [-0.2, -0.15) is 0 Å². The van der Waals surface area contributed by atoms with Gasteiger partial charge >= 0.3 is 0 Å². The predicted octanol–water partition coefficient (Wildman–Crippen LogP) is 6.87. The quantitative estimate of drug-likeness (QED) is 0.555. The van der Waals surface area contributed by atoms with E-state index in [9.17, 15) is 13.2 Å². The number of halogens is 3. The van der Waals surface area contributed by atoms with Crippen molar-refractivity contribution in [1.82, 2.24) is 0 Å². The third-order valence-electron chi connectivity index (χ3n) is 5.19. The summed E-state index contributed by atoms with van der Waals surface area (Å²) in [6.07, 6.45) is 7.46. The van der Waals surface area contributed by atoms with Crippen LogP contribution in [0.1, 0.15) is 56.6 Å². The van der Waals surface area contributed by atoms with Crippen molar-refractivity contribution < 1.29 is 17.9 Å². The number of allylic oxidation sites excluding steroid dienone is 1. The van der Waals surface area contributed by atoms with Crippen molar-refractivity contribution in [2.24, 2.45) is 0 Å². The maximum absolute atomic E-state index is 14.7. The fourth-order valence-corrected chi connectivity index (χ4v) is 3.70. The molecule has 0 aromatic heterocycles. The van der Waals surface area contributed by atoms with Crippen molar-refractivity contribution in [3.63, 3.8) is 0 Å². The minimum atomic E-state index is -1.03. The summed E-state index contributed by atoms with van der Waals surface area (Å²) in [6.45, 7) is 4.43. The summed E-state index contributed by atoms with van der Waals surface area (Å²) in [5, 5.41) is 0. The molecule has 0 aliphatic carbocycles. The van der Waals surface area contributed by atoms with Crippen LogP contribution in [0, 0.1) is 17.5 Å². The van der Waals surface area contributed by atoms with Crippen LogP contribution >= 0.6 is 0 Å². The van der Waals surface area contributed by atoms with Gasteiger partial charge in [0.15, 0.2) is 11.6 Å². The van der Waals surface area contributed by atoms with Crippen LogP contribution in [0.4, 0.5) is 13.2 Å². The lowest BCUT2D eigenvalue weighted by Crippen LogP contribution is -2.24. The molecule has 1 saturated heterocycles. The van der Waals surface area contributed by atoms with E-state index in [-0.39, 0.29) is 22.6 Å². The van der Waals surface area contributed by atoms with Crippen molar-refractivity contribution in [2.75, 3.05) is 6.61 Å². The highest BCUT2D eigenvalue weighted by molar-refractivity contribution is 5.68. The van der Waals surface area contributed by atoms with E-state index in [0.717, 1.165) is 31.2 Å². The van der Waals surface area contributed by atoms with Crippen LogP contribution in [-0.4, -0.2) is 12.7 Å². The molecule has 2 atom stereocenters. The first-order valence-electron chi connectivity index (χ1n) is 9.57. The predicted molar refractivity (Wildman–Crippen MR) is 103 cm³/mol. The van der Waals surface area contributed by atoms with Crippen molar-refractivity contribution >= 4 is 6.08 Å². The Balaban J connectivity index is 1.83. The van der Waals surface area contributed by atoms with Crippen LogP contribution in [0.3, 0.4) is 0 Å². The Kier molecular flexibility index (Phi) is 6.38. The summed E-state index contributed by atoms with van der Waals surface area (Å²) in [4.78, 5) is 0. The Bertz CT molecular complexity index is 821. The Hall–Kier alpha value is -2.07. The zero-order valence-electron chi connectivity index (χ0n) is 15.8. The number of benzene rings is 2. The van der Waals surface area contributed by atoms with Crippen molar-refractivity contribution in [3.05, 3.63) is 65.0 Å². The summed E-state index contributed by atoms with van der Waals surface area (Å²) in [7, 11) is 0. The zero-order valence-corrected chi connectivity index (χ0v) is 15.8. The molecule has 0 bridgehead atoms. The molecule has 1 nitrogen and oxygen atoms in total. The van der Waals surface area contributed by atoms with E-state index < -0.39 is 17.5 Å². The molecular formula is C23H25F3O. The first kappa shape index (κ1) is 19.7. The minimum Gasteiger partial charge on any atom is -0.378 e. The lowest BCUT2D eigenvalue weighted by atomic mass is 9.89. The van der Waals surface area contributed by atoms with E-state index >= 15 is 0 Å². The Morgan fingerprint density at radius 1 is 1.04 bits per heavy atom. The van der Waals surface area contributed by atoms with E-state index in [4.69, 9.17) is 4.74 Å². The molecule has 27 heavy (non-hydrogen) atoms. The lowest BCUT2D eigenvalue weighted by molar-refractivity contribution is -0.00115. The molecule has 3 rings (SSSR count). The fourth-order valence-electron chi connectivity index (χ4n) is 3.70. The maximum atomic E-state index is 14.7. The summed E-state index contributed by atoms with van der Waals surface area (Å²) in [5.74, 6) is -2.39. The van der Waals surface area contributed by atoms with Crippen LogP contribution in [0.25, 0.3) is 17.2 Å². The van der Waals surface area contributed by atoms with Gasteiger partial charge in [-0.15, -0.1) is 0 Å². The molecule has 0 radical (unpaired) electrons. The van der Waals surface area contributed by atoms with E-state index in [1.807, 2.05) is 0 Å². The monoisotopic (exact) mass is 374 g/mol. The average Bonchev–Trinajstić information content (AvgIpc) is 2.67. The van der Waals surface area contributed by atoms with E-state index in [1.165, 1.54) is 30.3 Å². The van der Waals surface area contributed by atoms with Gasteiger partial charge in [-0.25, -0.2) is 13.2 Å². The number of hydrogen-bond donors (Lipinski definition) is 0. The second-order valence-electron chi connectivity index (χ2n) is 7.09. The van der Waals surface area contributed by atoms with Gasteiger partial charge in [0.2, 0.25) is 0 Å². The zero-order chi connectivity index (χ0) is 19.4. The van der Waals surface area contributed by atoms with Crippen molar-refractivity contribution in [2.45, 2.75) is 51.6 Å². The van der Waals surface area contributed by atoms with Crippen LogP contribution in [0.15, 0.2) is 36.4 Å². The molecule has 1 heterocycles. The normalized spacial score (nSPS) is 20.3. The summed E-state index contributed by atoms with van der Waals surface area (Å²) >= 11 is 0. The van der Waals surface area contributed by atoms with Crippen LogP contribution in [0.5, 0.6) is 0 Å². The van der Waals surface area contributed by atoms with Crippen molar-refractivity contribution in [1.29, 1.82) is 0 Å². The molecular weight excluding hydrogens is 349 g/mol.